The molecule has 0 unspecified atom stereocenters. The van der Waals surface area contributed by atoms with Gasteiger partial charge >= 0.3 is 0 Å². The molecule has 0 aliphatic carbocycles. The topological polar surface area (TPSA) is 3.24 Å². The van der Waals surface area contributed by atoms with E-state index in [0.717, 1.165) is 0 Å². The highest BCUT2D eigenvalue weighted by atomic mass is 15.1. The van der Waals surface area contributed by atoms with Gasteiger partial charge in [0.1, 0.15) is 0 Å². The fourth-order valence-electron chi connectivity index (χ4n) is 1.26. The van der Waals surface area contributed by atoms with Gasteiger partial charge in [-0.15, -0.1) is 0 Å². The molecule has 0 spiro atoms. The maximum absolute atomic E-state index is 4.09. The molecule has 0 amide bonds. The van der Waals surface area contributed by atoms with Crippen molar-refractivity contribution in [1.82, 2.24) is 4.90 Å². The van der Waals surface area contributed by atoms with Crippen molar-refractivity contribution in [1.29, 1.82) is 0 Å². The molecule has 0 rings (SSSR count). The lowest BCUT2D eigenvalue weighted by Gasteiger charge is -2.20. The quantitative estimate of drug-likeness (QED) is 0.444. The van der Waals surface area contributed by atoms with E-state index in [2.05, 4.69) is 46.2 Å². The predicted octanol–water partition coefficient (Wildman–Crippen LogP) is 3.71. The molecule has 0 aliphatic heterocycles. The van der Waals surface area contributed by atoms with Crippen molar-refractivity contribution in [2.75, 3.05) is 13.6 Å². The van der Waals surface area contributed by atoms with Crippen LogP contribution in [0.4, 0.5) is 0 Å². The molecule has 0 aliphatic rings. The molecule has 1 nitrogen and oxygen atoms in total. The highest BCUT2D eigenvalue weighted by Crippen LogP contribution is 2.14. The molecular weight excluding hydrogens is 170 g/mol. The summed E-state index contributed by atoms with van der Waals surface area (Å²) in [4.78, 5) is 2.40. The fraction of sp³-hybridized carbons (Fsp3) is 0.846. The zero-order valence-corrected chi connectivity index (χ0v) is 10.6. The third-order valence-corrected chi connectivity index (χ3v) is 2.96. The average molecular weight is 197 g/mol. The van der Waals surface area contributed by atoms with Crippen molar-refractivity contribution in [2.24, 2.45) is 5.92 Å². The van der Waals surface area contributed by atoms with Gasteiger partial charge < -0.3 is 4.90 Å². The van der Waals surface area contributed by atoms with E-state index in [1.54, 1.807) is 0 Å². The maximum atomic E-state index is 4.09. The molecule has 0 aromatic heterocycles. The second-order valence-electron chi connectivity index (χ2n) is 4.84. The van der Waals surface area contributed by atoms with Crippen LogP contribution in [0, 0.1) is 5.92 Å². The Bertz CT molecular complexity index is 159. The molecule has 0 aromatic rings. The number of unbranched alkanes of at least 4 members (excludes halogenated alkanes) is 1. The van der Waals surface area contributed by atoms with Crippen molar-refractivity contribution < 1.29 is 0 Å². The third kappa shape index (κ3) is 6.20. The summed E-state index contributed by atoms with van der Waals surface area (Å²) in [5.41, 5.74) is 1.40. The Balaban J connectivity index is 3.43. The summed E-state index contributed by atoms with van der Waals surface area (Å²) in [6, 6.07) is 0.670. The van der Waals surface area contributed by atoms with Gasteiger partial charge in [0.15, 0.2) is 0 Å². The first-order chi connectivity index (χ1) is 6.45. The molecule has 0 heterocycles. The van der Waals surface area contributed by atoms with Gasteiger partial charge in [-0.05, 0) is 52.6 Å². The van der Waals surface area contributed by atoms with E-state index in [0.29, 0.717) is 12.0 Å². The van der Waals surface area contributed by atoms with Crippen molar-refractivity contribution in [3.05, 3.63) is 12.2 Å². The molecule has 0 saturated carbocycles. The van der Waals surface area contributed by atoms with Gasteiger partial charge in [0.05, 0.1) is 0 Å². The molecule has 0 N–H and O–H groups in total. The van der Waals surface area contributed by atoms with Gasteiger partial charge in [0.25, 0.3) is 0 Å². The normalized spacial score (nSPS) is 11.7. The van der Waals surface area contributed by atoms with Crippen molar-refractivity contribution >= 4 is 0 Å². The SMILES string of the molecule is C=C(CCCCN(C)C(C)C)C(C)C. The van der Waals surface area contributed by atoms with Gasteiger partial charge in [-0.2, -0.15) is 0 Å². The first-order valence-electron chi connectivity index (χ1n) is 5.83. The van der Waals surface area contributed by atoms with E-state index < -0.39 is 0 Å². The van der Waals surface area contributed by atoms with Crippen LogP contribution in [0.15, 0.2) is 12.2 Å². The van der Waals surface area contributed by atoms with Crippen LogP contribution < -0.4 is 0 Å². The third-order valence-electron chi connectivity index (χ3n) is 2.96. The Hall–Kier alpha value is -0.300. The van der Waals surface area contributed by atoms with Crippen molar-refractivity contribution in [3.63, 3.8) is 0 Å². The Kier molecular flexibility index (Phi) is 6.90. The summed E-state index contributed by atoms with van der Waals surface area (Å²) in [5, 5.41) is 0. The molecule has 1 heteroatoms. The molecule has 0 fully saturated rings. The van der Waals surface area contributed by atoms with Gasteiger partial charge in [0.2, 0.25) is 0 Å². The van der Waals surface area contributed by atoms with Crippen LogP contribution in [0.3, 0.4) is 0 Å². The van der Waals surface area contributed by atoms with E-state index >= 15 is 0 Å². The van der Waals surface area contributed by atoms with Gasteiger partial charge in [0, 0.05) is 6.04 Å². The van der Waals surface area contributed by atoms with Crippen LogP contribution in [0.25, 0.3) is 0 Å². The number of hydrogen-bond donors (Lipinski definition) is 0. The zero-order valence-electron chi connectivity index (χ0n) is 10.6. The Morgan fingerprint density at radius 3 is 2.14 bits per heavy atom. The van der Waals surface area contributed by atoms with E-state index in [1.807, 2.05) is 0 Å². The summed E-state index contributed by atoms with van der Waals surface area (Å²) in [5.74, 6) is 0.651. The van der Waals surface area contributed by atoms with Crippen molar-refractivity contribution in [3.8, 4) is 0 Å². The first-order valence-corrected chi connectivity index (χ1v) is 5.83. The van der Waals surface area contributed by atoms with Gasteiger partial charge in [-0.1, -0.05) is 26.0 Å². The second kappa shape index (κ2) is 7.05. The zero-order chi connectivity index (χ0) is 11.1. The van der Waals surface area contributed by atoms with Gasteiger partial charge in [-0.25, -0.2) is 0 Å². The Morgan fingerprint density at radius 2 is 1.71 bits per heavy atom. The van der Waals surface area contributed by atoms with E-state index in [9.17, 15) is 0 Å². The Labute approximate surface area is 90.2 Å². The highest BCUT2D eigenvalue weighted by molar-refractivity contribution is 4.96. The molecule has 0 radical (unpaired) electrons. The number of hydrogen-bond acceptors (Lipinski definition) is 1. The average Bonchev–Trinajstić information content (AvgIpc) is 2.11. The Morgan fingerprint density at radius 1 is 1.14 bits per heavy atom. The van der Waals surface area contributed by atoms with Crippen LogP contribution >= 0.6 is 0 Å². The molecule has 0 bridgehead atoms. The van der Waals surface area contributed by atoms with E-state index in [1.165, 1.54) is 31.4 Å². The summed E-state index contributed by atoms with van der Waals surface area (Å²) in [6.45, 7) is 14.2. The summed E-state index contributed by atoms with van der Waals surface area (Å²) >= 11 is 0. The van der Waals surface area contributed by atoms with Gasteiger partial charge in [-0.3, -0.25) is 0 Å². The standard InChI is InChI=1S/C13H27N/c1-11(2)13(5)9-7-8-10-14(6)12(3)4/h11-12H,5,7-10H2,1-4,6H3. The minimum atomic E-state index is 0.651. The molecule has 84 valence electrons. The molecular formula is C13H27N. The largest absolute Gasteiger partial charge is 0.304 e. The van der Waals surface area contributed by atoms with Crippen LogP contribution in [0.2, 0.25) is 0 Å². The molecule has 14 heavy (non-hydrogen) atoms. The summed E-state index contributed by atoms with van der Waals surface area (Å²) in [7, 11) is 2.20. The lowest BCUT2D eigenvalue weighted by molar-refractivity contribution is 0.268. The molecule has 0 aromatic carbocycles. The summed E-state index contributed by atoms with van der Waals surface area (Å²) < 4.78 is 0. The van der Waals surface area contributed by atoms with Crippen LogP contribution in [0.1, 0.15) is 47.0 Å². The van der Waals surface area contributed by atoms with Crippen LogP contribution in [-0.4, -0.2) is 24.5 Å². The minimum absolute atomic E-state index is 0.651. The monoisotopic (exact) mass is 197 g/mol. The lowest BCUT2D eigenvalue weighted by Crippen LogP contribution is -2.27. The first kappa shape index (κ1) is 13.7. The number of nitrogens with zero attached hydrogens (tertiary/aromatic N) is 1. The van der Waals surface area contributed by atoms with E-state index in [-0.39, 0.29) is 0 Å². The number of rotatable bonds is 7. The molecule has 0 saturated heterocycles. The fourth-order valence-corrected chi connectivity index (χ4v) is 1.26. The second-order valence-corrected chi connectivity index (χ2v) is 4.84. The summed E-state index contributed by atoms with van der Waals surface area (Å²) in [6.07, 6.45) is 3.78. The van der Waals surface area contributed by atoms with Crippen LogP contribution in [-0.2, 0) is 0 Å². The lowest BCUT2D eigenvalue weighted by atomic mass is 9.99. The highest BCUT2D eigenvalue weighted by Gasteiger charge is 2.03. The smallest absolute Gasteiger partial charge is 0.00355 e. The number of allylic oxidation sites excluding steroid dienone is 1. The molecule has 0 atom stereocenters. The van der Waals surface area contributed by atoms with Crippen LogP contribution in [0.5, 0.6) is 0 Å². The predicted molar refractivity (Wildman–Crippen MR) is 65.6 cm³/mol. The maximum Gasteiger partial charge on any atom is 0.00355 e. The van der Waals surface area contributed by atoms with Crippen molar-refractivity contribution in [2.45, 2.75) is 53.0 Å². The van der Waals surface area contributed by atoms with E-state index in [4.69, 9.17) is 0 Å². The minimum Gasteiger partial charge on any atom is -0.304 e.